The highest BCUT2D eigenvalue weighted by molar-refractivity contribution is 5.83. The molecular weight excluding hydrogens is 102 g/mol. The van der Waals surface area contributed by atoms with Gasteiger partial charge in [-0.2, -0.15) is 0 Å². The fourth-order valence-electron chi connectivity index (χ4n) is 0.984. The third kappa shape index (κ3) is 0.892. The Morgan fingerprint density at radius 1 is 1.75 bits per heavy atom. The Labute approximate surface area is 49.5 Å². The van der Waals surface area contributed by atoms with Crippen molar-refractivity contribution in [1.82, 2.24) is 4.90 Å². The molecule has 0 aliphatic carbocycles. The number of likely N-dealkylation sites (tertiary alicyclic amines) is 1. The predicted octanol–water partition coefficient (Wildman–Crippen LogP) is 0.280. The Kier molecular flexibility index (Phi) is 1.34. The van der Waals surface area contributed by atoms with E-state index < -0.39 is 0 Å². The van der Waals surface area contributed by atoms with Gasteiger partial charge in [0.2, 0.25) is 0 Å². The molecule has 0 aromatic carbocycles. The van der Waals surface area contributed by atoms with E-state index in [9.17, 15) is 4.79 Å². The zero-order valence-electron chi connectivity index (χ0n) is 5.35. The fourth-order valence-corrected chi connectivity index (χ4v) is 0.984. The summed E-state index contributed by atoms with van der Waals surface area (Å²) in [4.78, 5) is 12.7. The van der Waals surface area contributed by atoms with Crippen LogP contribution in [0.3, 0.4) is 0 Å². The number of hydrogen-bond acceptors (Lipinski definition) is 2. The zero-order valence-corrected chi connectivity index (χ0v) is 5.35. The van der Waals surface area contributed by atoms with Gasteiger partial charge in [0.15, 0.2) is 0 Å². The summed E-state index contributed by atoms with van der Waals surface area (Å²) in [6.45, 7) is 2.73. The third-order valence-electron chi connectivity index (χ3n) is 1.70. The summed E-state index contributed by atoms with van der Waals surface area (Å²) in [5.41, 5.74) is 0. The van der Waals surface area contributed by atoms with E-state index in [1.807, 2.05) is 7.05 Å². The molecule has 0 bridgehead atoms. The first-order valence-electron chi connectivity index (χ1n) is 2.92. The second-order valence-corrected chi connectivity index (χ2v) is 2.51. The lowest BCUT2D eigenvalue weighted by atomic mass is 10.2. The molecule has 1 heterocycles. The van der Waals surface area contributed by atoms with Gasteiger partial charge in [0.1, 0.15) is 5.78 Å². The van der Waals surface area contributed by atoms with Gasteiger partial charge in [0.25, 0.3) is 0 Å². The van der Waals surface area contributed by atoms with Crippen molar-refractivity contribution in [2.45, 2.75) is 19.4 Å². The van der Waals surface area contributed by atoms with Gasteiger partial charge in [-0.15, -0.1) is 0 Å². The molecular formula is C6H11NO. The van der Waals surface area contributed by atoms with E-state index in [0.717, 1.165) is 6.42 Å². The second-order valence-electron chi connectivity index (χ2n) is 2.51. The average molecular weight is 113 g/mol. The predicted molar refractivity (Wildman–Crippen MR) is 31.7 cm³/mol. The van der Waals surface area contributed by atoms with Crippen LogP contribution in [-0.2, 0) is 4.79 Å². The highest BCUT2D eigenvalue weighted by Crippen LogP contribution is 2.09. The number of nitrogens with zero attached hydrogens (tertiary/aromatic N) is 1. The summed E-state index contributed by atoms with van der Waals surface area (Å²) in [6, 6.07) is 0.475. The van der Waals surface area contributed by atoms with Crippen LogP contribution < -0.4 is 0 Å². The van der Waals surface area contributed by atoms with Crippen LogP contribution in [0.1, 0.15) is 13.3 Å². The van der Waals surface area contributed by atoms with Crippen LogP contribution in [0.25, 0.3) is 0 Å². The molecule has 0 aromatic rings. The number of carbonyl (C=O) groups is 1. The number of likely N-dealkylation sites (N-methyl/N-ethyl adjacent to an activating group) is 1. The molecule has 0 unspecified atom stereocenters. The standard InChI is InChI=1S/C6H11NO/c1-5-3-6(8)4-7(5)2/h5H,3-4H2,1-2H3/t5-/m1/s1. The van der Waals surface area contributed by atoms with Gasteiger partial charge in [-0.25, -0.2) is 0 Å². The van der Waals surface area contributed by atoms with Crippen LogP contribution in [-0.4, -0.2) is 30.3 Å². The molecule has 8 heavy (non-hydrogen) atoms. The van der Waals surface area contributed by atoms with Crippen LogP contribution >= 0.6 is 0 Å². The number of hydrogen-bond donors (Lipinski definition) is 0. The molecule has 1 aliphatic rings. The Hall–Kier alpha value is -0.370. The normalized spacial score (nSPS) is 31.8. The SMILES string of the molecule is C[C@@H]1CC(=O)CN1C. The first kappa shape index (κ1) is 5.76. The first-order valence-corrected chi connectivity index (χ1v) is 2.92. The van der Waals surface area contributed by atoms with E-state index >= 15 is 0 Å². The van der Waals surface area contributed by atoms with E-state index in [1.54, 1.807) is 0 Å². The Morgan fingerprint density at radius 2 is 2.38 bits per heavy atom. The molecule has 0 radical (unpaired) electrons. The number of rotatable bonds is 0. The minimum Gasteiger partial charge on any atom is -0.298 e. The minimum absolute atomic E-state index is 0.375. The molecule has 0 spiro atoms. The maximum absolute atomic E-state index is 10.6. The smallest absolute Gasteiger partial charge is 0.148 e. The molecule has 46 valence electrons. The number of Topliss-reactive ketones (excluding diaryl/α,β-unsaturated/α-hetero) is 1. The van der Waals surface area contributed by atoms with Crippen molar-refractivity contribution >= 4 is 5.78 Å². The van der Waals surface area contributed by atoms with Gasteiger partial charge in [-0.3, -0.25) is 9.69 Å². The zero-order chi connectivity index (χ0) is 6.15. The molecule has 0 amide bonds. The Bertz CT molecular complexity index is 99.1. The molecule has 1 atom stereocenters. The maximum Gasteiger partial charge on any atom is 0.148 e. The van der Waals surface area contributed by atoms with E-state index in [2.05, 4.69) is 11.8 Å². The summed E-state index contributed by atoms with van der Waals surface area (Å²) in [6.07, 6.45) is 0.747. The highest BCUT2D eigenvalue weighted by Gasteiger charge is 2.22. The lowest BCUT2D eigenvalue weighted by molar-refractivity contribution is -0.116. The average Bonchev–Trinajstić information content (AvgIpc) is 1.85. The summed E-state index contributed by atoms with van der Waals surface area (Å²) < 4.78 is 0. The molecule has 2 nitrogen and oxygen atoms in total. The van der Waals surface area contributed by atoms with Crippen molar-refractivity contribution < 1.29 is 4.79 Å². The van der Waals surface area contributed by atoms with E-state index in [4.69, 9.17) is 0 Å². The molecule has 0 N–H and O–H groups in total. The Morgan fingerprint density at radius 3 is 2.50 bits per heavy atom. The molecule has 1 rings (SSSR count). The van der Waals surface area contributed by atoms with Crippen molar-refractivity contribution in [2.24, 2.45) is 0 Å². The van der Waals surface area contributed by atoms with Crippen LogP contribution in [0.4, 0.5) is 0 Å². The first-order chi connectivity index (χ1) is 3.70. The molecule has 1 aliphatic heterocycles. The topological polar surface area (TPSA) is 20.3 Å². The van der Waals surface area contributed by atoms with Crippen LogP contribution in [0.15, 0.2) is 0 Å². The van der Waals surface area contributed by atoms with Gasteiger partial charge >= 0.3 is 0 Å². The monoisotopic (exact) mass is 113 g/mol. The Balaban J connectivity index is 2.51. The summed E-state index contributed by atoms with van der Waals surface area (Å²) in [5.74, 6) is 0.375. The van der Waals surface area contributed by atoms with E-state index in [-0.39, 0.29) is 0 Å². The van der Waals surface area contributed by atoms with Gasteiger partial charge in [-0.05, 0) is 14.0 Å². The lowest BCUT2D eigenvalue weighted by Crippen LogP contribution is -2.21. The van der Waals surface area contributed by atoms with Gasteiger partial charge in [-0.1, -0.05) is 0 Å². The van der Waals surface area contributed by atoms with Gasteiger partial charge in [0, 0.05) is 12.5 Å². The molecule has 2 heteroatoms. The second kappa shape index (κ2) is 1.86. The van der Waals surface area contributed by atoms with Crippen LogP contribution in [0.2, 0.25) is 0 Å². The maximum atomic E-state index is 10.6. The molecule has 0 saturated carbocycles. The molecule has 1 saturated heterocycles. The highest BCUT2D eigenvalue weighted by atomic mass is 16.1. The van der Waals surface area contributed by atoms with Gasteiger partial charge < -0.3 is 0 Å². The van der Waals surface area contributed by atoms with Crippen molar-refractivity contribution in [3.63, 3.8) is 0 Å². The van der Waals surface area contributed by atoms with Crippen molar-refractivity contribution in [2.75, 3.05) is 13.6 Å². The van der Waals surface area contributed by atoms with Crippen molar-refractivity contribution in [3.05, 3.63) is 0 Å². The number of carbonyl (C=O) groups excluding carboxylic acids is 1. The van der Waals surface area contributed by atoms with Crippen molar-refractivity contribution in [3.8, 4) is 0 Å². The van der Waals surface area contributed by atoms with Crippen LogP contribution in [0, 0.1) is 0 Å². The quantitative estimate of drug-likeness (QED) is 0.449. The van der Waals surface area contributed by atoms with E-state index in [0.29, 0.717) is 18.4 Å². The van der Waals surface area contributed by atoms with E-state index in [1.165, 1.54) is 0 Å². The fraction of sp³-hybridized carbons (Fsp3) is 0.833. The van der Waals surface area contributed by atoms with Crippen LogP contribution in [0.5, 0.6) is 0 Å². The summed E-state index contributed by atoms with van der Waals surface area (Å²) in [7, 11) is 1.98. The van der Waals surface area contributed by atoms with Gasteiger partial charge in [0.05, 0.1) is 6.54 Å². The lowest BCUT2D eigenvalue weighted by Gasteiger charge is -2.10. The minimum atomic E-state index is 0.375. The third-order valence-corrected chi connectivity index (χ3v) is 1.70. The molecule has 0 aromatic heterocycles. The van der Waals surface area contributed by atoms with Crippen molar-refractivity contribution in [1.29, 1.82) is 0 Å². The number of ketones is 1. The summed E-state index contributed by atoms with van der Waals surface area (Å²) in [5, 5.41) is 0. The molecule has 1 fully saturated rings. The summed E-state index contributed by atoms with van der Waals surface area (Å²) >= 11 is 0. The largest absolute Gasteiger partial charge is 0.298 e.